The molecule has 0 rings (SSSR count). The van der Waals surface area contributed by atoms with E-state index in [1.165, 1.54) is 77.0 Å². The molecule has 46 heavy (non-hydrogen) atoms. The number of allylic oxidation sites excluding steroid dienone is 2. The molecule has 0 fully saturated rings. The van der Waals surface area contributed by atoms with Gasteiger partial charge >= 0.3 is 17.9 Å². The Morgan fingerprint density at radius 3 is 1.57 bits per heavy atom. The summed E-state index contributed by atoms with van der Waals surface area (Å²) < 4.78 is 17.1. The minimum atomic E-state index is -0.877. The Hall–Kier alpha value is -1.93. The number of carboxylic acid groups (broad SMARTS) is 1. The van der Waals surface area contributed by atoms with Crippen LogP contribution in [0.3, 0.4) is 0 Å². The van der Waals surface area contributed by atoms with Crippen LogP contribution in [-0.4, -0.2) is 80.6 Å². The molecule has 2 unspecified atom stereocenters. The molecule has 0 amide bonds. The monoisotopic (exact) mass is 655 g/mol. The van der Waals surface area contributed by atoms with Gasteiger partial charge in [0.25, 0.3) is 0 Å². The minimum absolute atomic E-state index is 0.0505. The van der Waals surface area contributed by atoms with Crippen LogP contribution in [0.1, 0.15) is 162 Å². The van der Waals surface area contributed by atoms with Crippen LogP contribution >= 0.6 is 0 Å². The molecule has 0 spiro atoms. The maximum absolute atomic E-state index is 12.6. The number of quaternary nitrogens is 1. The van der Waals surface area contributed by atoms with E-state index in [2.05, 4.69) is 26.0 Å². The molecule has 2 atom stereocenters. The molecule has 0 radical (unpaired) electrons. The molecule has 0 aromatic carbocycles. The van der Waals surface area contributed by atoms with Gasteiger partial charge in [0.15, 0.2) is 12.1 Å². The summed E-state index contributed by atoms with van der Waals surface area (Å²) in [6.45, 7) is 4.67. The lowest BCUT2D eigenvalue weighted by Crippen LogP contribution is -2.50. The molecule has 0 aliphatic heterocycles. The van der Waals surface area contributed by atoms with Gasteiger partial charge in [0.2, 0.25) is 0 Å². The second-order valence-electron chi connectivity index (χ2n) is 13.8. The Balaban J connectivity index is 4.38. The largest absolute Gasteiger partial charge is 0.477 e. The predicted molar refractivity (Wildman–Crippen MR) is 188 cm³/mol. The maximum Gasteiger partial charge on any atom is 0.362 e. The van der Waals surface area contributed by atoms with Gasteiger partial charge in [-0.3, -0.25) is 9.59 Å². The number of hydrogen-bond acceptors (Lipinski definition) is 6. The first-order chi connectivity index (χ1) is 22.1. The van der Waals surface area contributed by atoms with E-state index in [1.54, 1.807) is 0 Å². The number of nitrogens with zero attached hydrogens (tertiary/aromatic N) is 1. The van der Waals surface area contributed by atoms with Crippen LogP contribution in [0.15, 0.2) is 12.2 Å². The fraction of sp³-hybridized carbons (Fsp3) is 0.868. The van der Waals surface area contributed by atoms with Gasteiger partial charge in [-0.1, -0.05) is 116 Å². The van der Waals surface area contributed by atoms with E-state index in [9.17, 15) is 19.5 Å². The molecule has 0 aliphatic rings. The minimum Gasteiger partial charge on any atom is -0.477 e. The zero-order valence-corrected chi connectivity index (χ0v) is 30.5. The fourth-order valence-electron chi connectivity index (χ4n) is 5.44. The van der Waals surface area contributed by atoms with Crippen LogP contribution in [0.25, 0.3) is 0 Å². The molecular formula is C38H72NO7+. The first kappa shape index (κ1) is 44.1. The van der Waals surface area contributed by atoms with Gasteiger partial charge in [-0.05, 0) is 38.5 Å². The van der Waals surface area contributed by atoms with Crippen LogP contribution in [-0.2, 0) is 28.6 Å². The van der Waals surface area contributed by atoms with Crippen LogP contribution in [0.2, 0.25) is 0 Å². The number of carboxylic acids is 1. The standard InChI is InChI=1S/C38H71NO7/c1-6-8-10-12-14-15-16-17-18-19-20-21-23-25-27-29-37(41)46-34(32-44-31-30-35(38(42)43)39(3,4)5)33-45-36(40)28-26-24-22-13-11-9-7-2/h17-18,34-35H,6-16,19-33H2,1-5H3/p+1/b18-17-. The summed E-state index contributed by atoms with van der Waals surface area (Å²) in [6.07, 6.45) is 28.3. The van der Waals surface area contributed by atoms with E-state index in [4.69, 9.17) is 14.2 Å². The van der Waals surface area contributed by atoms with Crippen LogP contribution in [0.4, 0.5) is 0 Å². The average molecular weight is 655 g/mol. The first-order valence-electron chi connectivity index (χ1n) is 18.7. The molecule has 1 N–H and O–H groups in total. The Labute approximate surface area is 282 Å². The zero-order chi connectivity index (χ0) is 34.3. The number of carbonyl (C=O) groups is 3. The van der Waals surface area contributed by atoms with Crippen molar-refractivity contribution in [1.82, 2.24) is 0 Å². The van der Waals surface area contributed by atoms with Crippen molar-refractivity contribution in [3.63, 3.8) is 0 Å². The smallest absolute Gasteiger partial charge is 0.362 e. The summed E-state index contributed by atoms with van der Waals surface area (Å²) in [5, 5.41) is 9.55. The van der Waals surface area contributed by atoms with E-state index in [0.717, 1.165) is 51.4 Å². The highest BCUT2D eigenvalue weighted by Crippen LogP contribution is 2.13. The van der Waals surface area contributed by atoms with Gasteiger partial charge < -0.3 is 23.8 Å². The van der Waals surface area contributed by atoms with Gasteiger partial charge in [0.05, 0.1) is 34.4 Å². The lowest BCUT2D eigenvalue weighted by Gasteiger charge is -2.31. The normalized spacial score (nSPS) is 13.2. The third-order valence-corrected chi connectivity index (χ3v) is 8.41. The van der Waals surface area contributed by atoms with Gasteiger partial charge in [0.1, 0.15) is 6.61 Å². The average Bonchev–Trinajstić information content (AvgIpc) is 3.00. The number of unbranched alkanes of at least 4 members (excludes halogenated alkanes) is 17. The molecule has 0 aromatic heterocycles. The first-order valence-corrected chi connectivity index (χ1v) is 18.7. The van der Waals surface area contributed by atoms with Gasteiger partial charge in [-0.15, -0.1) is 0 Å². The summed E-state index contributed by atoms with van der Waals surface area (Å²) in [5.74, 6) is -1.48. The molecule has 8 heteroatoms. The molecule has 0 aliphatic carbocycles. The van der Waals surface area contributed by atoms with E-state index >= 15 is 0 Å². The molecule has 0 saturated carbocycles. The molecular weight excluding hydrogens is 582 g/mol. The summed E-state index contributed by atoms with van der Waals surface area (Å²) in [5.41, 5.74) is 0. The molecule has 0 heterocycles. The Morgan fingerprint density at radius 2 is 1.09 bits per heavy atom. The molecule has 0 saturated heterocycles. The van der Waals surface area contributed by atoms with Crippen molar-refractivity contribution in [2.24, 2.45) is 0 Å². The molecule has 8 nitrogen and oxygen atoms in total. The van der Waals surface area contributed by atoms with Crippen molar-refractivity contribution in [1.29, 1.82) is 0 Å². The SMILES string of the molecule is CCCCCCCC/C=C\CCCCCCCC(=O)OC(COCCC(C(=O)O)[N+](C)(C)C)COC(=O)CCCCCCCCC. The van der Waals surface area contributed by atoms with E-state index in [1.807, 2.05) is 21.1 Å². The fourth-order valence-corrected chi connectivity index (χ4v) is 5.44. The van der Waals surface area contributed by atoms with E-state index in [-0.39, 0.29) is 36.2 Å². The maximum atomic E-state index is 12.6. The van der Waals surface area contributed by atoms with E-state index in [0.29, 0.717) is 19.3 Å². The van der Waals surface area contributed by atoms with Crippen molar-refractivity contribution in [3.05, 3.63) is 12.2 Å². The Kier molecular flexibility index (Phi) is 29.1. The zero-order valence-electron chi connectivity index (χ0n) is 30.5. The number of hydrogen-bond donors (Lipinski definition) is 1. The van der Waals surface area contributed by atoms with Crippen molar-refractivity contribution < 1.29 is 38.2 Å². The quantitative estimate of drug-likeness (QED) is 0.0326. The van der Waals surface area contributed by atoms with Crippen molar-refractivity contribution in [2.45, 2.75) is 174 Å². The Bertz CT molecular complexity index is 778. The highest BCUT2D eigenvalue weighted by atomic mass is 16.6. The second-order valence-corrected chi connectivity index (χ2v) is 13.8. The lowest BCUT2D eigenvalue weighted by atomic mass is 10.1. The second kappa shape index (κ2) is 30.4. The van der Waals surface area contributed by atoms with Crippen molar-refractivity contribution in [2.75, 3.05) is 41.0 Å². The number of aliphatic carboxylic acids is 1. The highest BCUT2D eigenvalue weighted by molar-refractivity contribution is 5.72. The molecule has 270 valence electrons. The van der Waals surface area contributed by atoms with Crippen LogP contribution < -0.4 is 0 Å². The third-order valence-electron chi connectivity index (χ3n) is 8.41. The number of ether oxygens (including phenoxy) is 3. The highest BCUT2D eigenvalue weighted by Gasteiger charge is 2.31. The summed E-state index contributed by atoms with van der Waals surface area (Å²) in [6, 6.07) is -0.609. The van der Waals surface area contributed by atoms with Crippen molar-refractivity contribution in [3.8, 4) is 0 Å². The number of carbonyl (C=O) groups excluding carboxylic acids is 2. The summed E-state index contributed by atoms with van der Waals surface area (Å²) in [4.78, 5) is 36.6. The van der Waals surface area contributed by atoms with Crippen LogP contribution in [0.5, 0.6) is 0 Å². The topological polar surface area (TPSA) is 99.1 Å². The summed E-state index contributed by atoms with van der Waals surface area (Å²) in [7, 11) is 5.51. The summed E-state index contributed by atoms with van der Waals surface area (Å²) >= 11 is 0. The lowest BCUT2D eigenvalue weighted by molar-refractivity contribution is -0.887. The Morgan fingerprint density at radius 1 is 0.630 bits per heavy atom. The van der Waals surface area contributed by atoms with E-state index < -0.39 is 18.1 Å². The van der Waals surface area contributed by atoms with Gasteiger partial charge in [-0.2, -0.15) is 0 Å². The predicted octanol–water partition coefficient (Wildman–Crippen LogP) is 9.19. The van der Waals surface area contributed by atoms with Gasteiger partial charge in [-0.25, -0.2) is 4.79 Å². The molecule has 0 aromatic rings. The van der Waals surface area contributed by atoms with Gasteiger partial charge in [0, 0.05) is 19.3 Å². The van der Waals surface area contributed by atoms with Crippen LogP contribution in [0, 0.1) is 0 Å². The molecule has 0 bridgehead atoms. The number of esters is 2. The van der Waals surface area contributed by atoms with Crippen molar-refractivity contribution >= 4 is 17.9 Å². The third kappa shape index (κ3) is 28.3. The number of rotatable bonds is 33. The number of likely N-dealkylation sites (N-methyl/N-ethyl adjacent to an activating group) is 1.